The summed E-state index contributed by atoms with van der Waals surface area (Å²) in [6.45, 7) is 2.32. The maximum absolute atomic E-state index is 3.41. The lowest BCUT2D eigenvalue weighted by atomic mass is 9.99. The van der Waals surface area contributed by atoms with Crippen LogP contribution in [0.4, 0.5) is 0 Å². The Balaban J connectivity index is 2.26. The van der Waals surface area contributed by atoms with Gasteiger partial charge in [-0.05, 0) is 36.8 Å². The first-order valence-electron chi connectivity index (χ1n) is 4.75. The highest BCUT2D eigenvalue weighted by atomic mass is 32.2. The molecule has 1 aromatic rings. The van der Waals surface area contributed by atoms with Crippen LogP contribution in [0.2, 0.25) is 0 Å². The van der Waals surface area contributed by atoms with E-state index in [1.54, 1.807) is 0 Å². The molecular formula is C11H15NS. The van der Waals surface area contributed by atoms with Crippen molar-refractivity contribution >= 4 is 11.8 Å². The number of rotatable bonds is 2. The minimum Gasteiger partial charge on any atom is -0.316 e. The third-order valence-electron chi connectivity index (χ3n) is 2.64. The van der Waals surface area contributed by atoms with Crippen molar-refractivity contribution in [1.82, 2.24) is 5.32 Å². The van der Waals surface area contributed by atoms with E-state index in [4.69, 9.17) is 0 Å². The van der Waals surface area contributed by atoms with Crippen molar-refractivity contribution in [2.45, 2.75) is 17.2 Å². The Morgan fingerprint density at radius 1 is 1.38 bits per heavy atom. The van der Waals surface area contributed by atoms with E-state index < -0.39 is 0 Å². The first-order chi connectivity index (χ1) is 6.42. The molecule has 1 aromatic carbocycles. The third kappa shape index (κ3) is 1.89. The Labute approximate surface area is 83.9 Å². The van der Waals surface area contributed by atoms with Crippen molar-refractivity contribution in [2.24, 2.45) is 0 Å². The molecule has 1 atom stereocenters. The Kier molecular flexibility index (Phi) is 2.91. The summed E-state index contributed by atoms with van der Waals surface area (Å²) in [6, 6.07) is 8.76. The number of nitrogens with one attached hydrogen (secondary N) is 1. The fourth-order valence-corrected chi connectivity index (χ4v) is 2.61. The lowest BCUT2D eigenvalue weighted by Gasteiger charge is -2.12. The van der Waals surface area contributed by atoms with E-state index in [1.807, 2.05) is 11.8 Å². The second-order valence-electron chi connectivity index (χ2n) is 3.43. The largest absolute Gasteiger partial charge is 0.316 e. The molecule has 0 amide bonds. The molecule has 0 aromatic heterocycles. The summed E-state index contributed by atoms with van der Waals surface area (Å²) in [5, 5.41) is 3.41. The van der Waals surface area contributed by atoms with Gasteiger partial charge in [-0.15, -0.1) is 11.8 Å². The summed E-state index contributed by atoms with van der Waals surface area (Å²) in [6.07, 6.45) is 3.44. The van der Waals surface area contributed by atoms with E-state index in [1.165, 1.54) is 23.4 Å². The van der Waals surface area contributed by atoms with Crippen molar-refractivity contribution in [3.8, 4) is 0 Å². The first kappa shape index (κ1) is 9.10. The van der Waals surface area contributed by atoms with E-state index >= 15 is 0 Å². The Hall–Kier alpha value is -0.470. The molecule has 1 nitrogen and oxygen atoms in total. The zero-order valence-electron chi connectivity index (χ0n) is 7.92. The standard InChI is InChI=1S/C11H15NS/c1-13-11-5-3-2-4-10(11)9-6-7-12-8-9/h2-5,9,12H,6-8H2,1H3. The van der Waals surface area contributed by atoms with E-state index in [-0.39, 0.29) is 0 Å². The topological polar surface area (TPSA) is 12.0 Å². The predicted octanol–water partition coefficient (Wildman–Crippen LogP) is 2.49. The second-order valence-corrected chi connectivity index (χ2v) is 4.28. The minimum absolute atomic E-state index is 0.739. The van der Waals surface area contributed by atoms with Gasteiger partial charge in [-0.3, -0.25) is 0 Å². The molecule has 70 valence electrons. The van der Waals surface area contributed by atoms with E-state index in [0.717, 1.165) is 12.5 Å². The predicted molar refractivity (Wildman–Crippen MR) is 58.5 cm³/mol. The quantitative estimate of drug-likeness (QED) is 0.724. The number of thioether (sulfide) groups is 1. The van der Waals surface area contributed by atoms with Crippen LogP contribution in [0.15, 0.2) is 29.2 Å². The summed E-state index contributed by atoms with van der Waals surface area (Å²) >= 11 is 1.85. The molecule has 0 spiro atoms. The lowest BCUT2D eigenvalue weighted by molar-refractivity contribution is 0.748. The maximum atomic E-state index is 3.41. The molecule has 2 rings (SSSR count). The van der Waals surface area contributed by atoms with Crippen molar-refractivity contribution in [3.63, 3.8) is 0 Å². The van der Waals surface area contributed by atoms with Crippen LogP contribution >= 0.6 is 11.8 Å². The van der Waals surface area contributed by atoms with Crippen LogP contribution in [0.3, 0.4) is 0 Å². The highest BCUT2D eigenvalue weighted by Crippen LogP contribution is 2.30. The van der Waals surface area contributed by atoms with Crippen molar-refractivity contribution in [3.05, 3.63) is 29.8 Å². The van der Waals surface area contributed by atoms with Crippen molar-refractivity contribution in [1.29, 1.82) is 0 Å². The minimum atomic E-state index is 0.739. The van der Waals surface area contributed by atoms with Crippen LogP contribution in [0.25, 0.3) is 0 Å². The van der Waals surface area contributed by atoms with E-state index in [0.29, 0.717) is 0 Å². The van der Waals surface area contributed by atoms with Crippen LogP contribution < -0.4 is 5.32 Å². The average molecular weight is 193 g/mol. The van der Waals surface area contributed by atoms with Gasteiger partial charge in [0, 0.05) is 11.4 Å². The molecular weight excluding hydrogens is 178 g/mol. The summed E-state index contributed by atoms with van der Waals surface area (Å²) < 4.78 is 0. The number of benzene rings is 1. The van der Waals surface area contributed by atoms with E-state index in [2.05, 4.69) is 35.8 Å². The fraction of sp³-hybridized carbons (Fsp3) is 0.455. The molecule has 2 heteroatoms. The number of hydrogen-bond donors (Lipinski definition) is 1. The fourth-order valence-electron chi connectivity index (χ4n) is 1.92. The van der Waals surface area contributed by atoms with Crippen LogP contribution in [-0.4, -0.2) is 19.3 Å². The molecule has 1 fully saturated rings. The molecule has 0 aliphatic carbocycles. The van der Waals surface area contributed by atoms with Crippen molar-refractivity contribution < 1.29 is 0 Å². The molecule has 0 saturated carbocycles. The normalized spacial score (nSPS) is 22.1. The van der Waals surface area contributed by atoms with Crippen LogP contribution in [0.1, 0.15) is 17.9 Å². The molecule has 0 radical (unpaired) electrons. The molecule has 1 heterocycles. The second kappa shape index (κ2) is 4.16. The van der Waals surface area contributed by atoms with Crippen LogP contribution in [0, 0.1) is 0 Å². The first-order valence-corrected chi connectivity index (χ1v) is 5.98. The van der Waals surface area contributed by atoms with Crippen LogP contribution in [0.5, 0.6) is 0 Å². The summed E-state index contributed by atoms with van der Waals surface area (Å²) in [5.41, 5.74) is 1.53. The van der Waals surface area contributed by atoms with Crippen LogP contribution in [-0.2, 0) is 0 Å². The highest BCUT2D eigenvalue weighted by Gasteiger charge is 2.18. The van der Waals surface area contributed by atoms with Crippen molar-refractivity contribution in [2.75, 3.05) is 19.3 Å². The van der Waals surface area contributed by atoms with Gasteiger partial charge < -0.3 is 5.32 Å². The molecule has 1 N–H and O–H groups in total. The van der Waals surface area contributed by atoms with Gasteiger partial charge in [-0.2, -0.15) is 0 Å². The summed E-state index contributed by atoms with van der Waals surface area (Å²) in [5.74, 6) is 0.739. The zero-order valence-corrected chi connectivity index (χ0v) is 8.73. The average Bonchev–Trinajstić information content (AvgIpc) is 2.70. The van der Waals surface area contributed by atoms with Gasteiger partial charge >= 0.3 is 0 Å². The van der Waals surface area contributed by atoms with Gasteiger partial charge in [0.1, 0.15) is 0 Å². The molecule has 1 aliphatic heterocycles. The SMILES string of the molecule is CSc1ccccc1C1CCNC1. The van der Waals surface area contributed by atoms with E-state index in [9.17, 15) is 0 Å². The molecule has 1 unspecified atom stereocenters. The van der Waals surface area contributed by atoms with Gasteiger partial charge in [0.25, 0.3) is 0 Å². The Bertz CT molecular complexity index is 279. The third-order valence-corrected chi connectivity index (χ3v) is 3.45. The Morgan fingerprint density at radius 3 is 2.92 bits per heavy atom. The monoisotopic (exact) mass is 193 g/mol. The highest BCUT2D eigenvalue weighted by molar-refractivity contribution is 7.98. The molecule has 13 heavy (non-hydrogen) atoms. The van der Waals surface area contributed by atoms with Gasteiger partial charge in [0.15, 0.2) is 0 Å². The maximum Gasteiger partial charge on any atom is 0.0104 e. The summed E-state index contributed by atoms with van der Waals surface area (Å²) in [7, 11) is 0. The van der Waals surface area contributed by atoms with Gasteiger partial charge in [-0.1, -0.05) is 18.2 Å². The molecule has 1 aliphatic rings. The molecule has 0 bridgehead atoms. The molecule has 1 saturated heterocycles. The number of hydrogen-bond acceptors (Lipinski definition) is 2. The zero-order chi connectivity index (χ0) is 9.10. The lowest BCUT2D eigenvalue weighted by Crippen LogP contribution is -2.08. The van der Waals surface area contributed by atoms with Gasteiger partial charge in [0.2, 0.25) is 0 Å². The smallest absolute Gasteiger partial charge is 0.0104 e. The Morgan fingerprint density at radius 2 is 2.23 bits per heavy atom. The van der Waals surface area contributed by atoms with Gasteiger partial charge in [-0.25, -0.2) is 0 Å². The summed E-state index contributed by atoms with van der Waals surface area (Å²) in [4.78, 5) is 1.44. The van der Waals surface area contributed by atoms with Gasteiger partial charge in [0.05, 0.1) is 0 Å².